The Morgan fingerprint density at radius 2 is 2.03 bits per heavy atom. The molecule has 4 aromatic rings. The lowest BCUT2D eigenvalue weighted by Crippen LogP contribution is -2.29. The van der Waals surface area contributed by atoms with Crippen molar-refractivity contribution in [2.45, 2.75) is 18.8 Å². The Labute approximate surface area is 182 Å². The van der Waals surface area contributed by atoms with Gasteiger partial charge in [-0.3, -0.25) is 14.5 Å². The van der Waals surface area contributed by atoms with Crippen LogP contribution in [0.2, 0.25) is 0 Å². The van der Waals surface area contributed by atoms with Gasteiger partial charge in [-0.15, -0.1) is 0 Å². The minimum atomic E-state index is -0.932. The number of halogens is 2. The van der Waals surface area contributed by atoms with Gasteiger partial charge in [0.15, 0.2) is 11.5 Å². The van der Waals surface area contributed by atoms with Crippen LogP contribution in [0.25, 0.3) is 0 Å². The van der Waals surface area contributed by atoms with Crippen LogP contribution in [0.4, 0.5) is 20.2 Å². The fourth-order valence-corrected chi connectivity index (χ4v) is 3.50. The first-order chi connectivity index (χ1) is 15.3. The van der Waals surface area contributed by atoms with Gasteiger partial charge in [0.1, 0.15) is 12.1 Å². The molecular formula is C22H20F2N6O2. The van der Waals surface area contributed by atoms with Crippen molar-refractivity contribution in [3.05, 3.63) is 89.3 Å². The number of aromatic nitrogens is 4. The number of rotatable bonds is 6. The van der Waals surface area contributed by atoms with Gasteiger partial charge in [0, 0.05) is 35.9 Å². The molecule has 32 heavy (non-hydrogen) atoms. The molecule has 1 amide bonds. The molecule has 0 bridgehead atoms. The summed E-state index contributed by atoms with van der Waals surface area (Å²) >= 11 is 0. The number of carbonyl (C=O) groups excluding carboxylic acids is 1. The van der Waals surface area contributed by atoms with Crippen molar-refractivity contribution in [1.82, 2.24) is 19.9 Å². The Bertz CT molecular complexity index is 1250. The number of aryl methyl sites for hydroxylation is 1. The highest BCUT2D eigenvalue weighted by atomic mass is 19.1. The third-order valence-corrected chi connectivity index (χ3v) is 5.33. The van der Waals surface area contributed by atoms with E-state index in [-0.39, 0.29) is 23.4 Å². The first-order valence-corrected chi connectivity index (χ1v) is 9.67. The van der Waals surface area contributed by atoms with Crippen molar-refractivity contribution in [3.8, 4) is 0 Å². The van der Waals surface area contributed by atoms with Gasteiger partial charge in [0.05, 0.1) is 29.5 Å². The van der Waals surface area contributed by atoms with Crippen LogP contribution in [0, 0.1) is 11.6 Å². The second kappa shape index (κ2) is 8.22. The Balaban J connectivity index is 1.75. The largest absolute Gasteiger partial charge is 0.397 e. The number of pyridine rings is 1. The number of hydrogen-bond acceptors (Lipinski definition) is 6. The molecule has 0 fully saturated rings. The highest BCUT2D eigenvalue weighted by molar-refractivity contribution is 6.02. The zero-order valence-electron chi connectivity index (χ0n) is 17.3. The number of amides is 1. The maximum absolute atomic E-state index is 15.4. The van der Waals surface area contributed by atoms with Crippen LogP contribution < -0.4 is 11.1 Å². The summed E-state index contributed by atoms with van der Waals surface area (Å²) in [6.45, 7) is 1.82. The van der Waals surface area contributed by atoms with Crippen molar-refractivity contribution in [3.63, 3.8) is 0 Å². The van der Waals surface area contributed by atoms with E-state index >= 15 is 4.39 Å². The number of nitrogens with one attached hydrogen (secondary N) is 1. The third kappa shape index (κ3) is 3.94. The Kier molecular flexibility index (Phi) is 5.43. The Morgan fingerprint density at radius 3 is 2.66 bits per heavy atom. The molecule has 0 saturated heterocycles. The van der Waals surface area contributed by atoms with Crippen LogP contribution in [-0.2, 0) is 18.9 Å². The summed E-state index contributed by atoms with van der Waals surface area (Å²) in [5, 5.41) is 10.1. The van der Waals surface area contributed by atoms with E-state index in [0.29, 0.717) is 16.9 Å². The highest BCUT2D eigenvalue weighted by Crippen LogP contribution is 2.37. The van der Waals surface area contributed by atoms with Gasteiger partial charge in [-0.25, -0.2) is 8.78 Å². The summed E-state index contributed by atoms with van der Waals surface area (Å²) < 4.78 is 36.5. The molecule has 3 heterocycles. The van der Waals surface area contributed by atoms with E-state index in [9.17, 15) is 9.18 Å². The minimum Gasteiger partial charge on any atom is -0.397 e. The van der Waals surface area contributed by atoms with Crippen LogP contribution in [0.1, 0.15) is 34.2 Å². The highest BCUT2D eigenvalue weighted by Gasteiger charge is 2.35. The number of carbonyl (C=O) groups is 1. The van der Waals surface area contributed by atoms with Crippen molar-refractivity contribution in [2.24, 2.45) is 7.05 Å². The zero-order valence-corrected chi connectivity index (χ0v) is 17.3. The first kappa shape index (κ1) is 21.2. The predicted octanol–water partition coefficient (Wildman–Crippen LogP) is 3.46. The molecule has 1 unspecified atom stereocenters. The van der Waals surface area contributed by atoms with E-state index in [4.69, 9.17) is 5.73 Å². The third-order valence-electron chi connectivity index (χ3n) is 5.33. The minimum absolute atomic E-state index is 0.0263. The Morgan fingerprint density at radius 1 is 1.22 bits per heavy atom. The van der Waals surface area contributed by atoms with Crippen LogP contribution in [0.5, 0.6) is 0 Å². The molecule has 164 valence electrons. The molecule has 0 radical (unpaired) electrons. The summed E-state index contributed by atoms with van der Waals surface area (Å²) in [6, 6.07) is 7.00. The van der Waals surface area contributed by atoms with Crippen LogP contribution >= 0.6 is 0 Å². The maximum atomic E-state index is 15.4. The number of nitrogen functional groups attached to an aromatic ring is 1. The van der Waals surface area contributed by atoms with Gasteiger partial charge in [-0.1, -0.05) is 5.16 Å². The van der Waals surface area contributed by atoms with Gasteiger partial charge in [-0.2, -0.15) is 5.10 Å². The molecule has 8 nitrogen and oxygen atoms in total. The van der Waals surface area contributed by atoms with Gasteiger partial charge in [0.2, 0.25) is 0 Å². The molecule has 3 N–H and O–H groups in total. The van der Waals surface area contributed by atoms with Crippen molar-refractivity contribution >= 4 is 17.3 Å². The molecule has 1 atom stereocenters. The second-order valence-electron chi connectivity index (χ2n) is 7.61. The monoisotopic (exact) mass is 438 g/mol. The molecule has 0 aliphatic heterocycles. The normalized spacial score (nSPS) is 13.0. The average molecular weight is 438 g/mol. The molecule has 1 aromatic carbocycles. The number of anilines is 2. The van der Waals surface area contributed by atoms with Crippen LogP contribution in [-0.4, -0.2) is 25.8 Å². The summed E-state index contributed by atoms with van der Waals surface area (Å²) in [7, 11) is 1.75. The molecule has 0 aliphatic carbocycles. The van der Waals surface area contributed by atoms with Gasteiger partial charge < -0.3 is 15.6 Å². The lowest BCUT2D eigenvalue weighted by Gasteiger charge is -2.29. The van der Waals surface area contributed by atoms with E-state index < -0.39 is 23.0 Å². The lowest BCUT2D eigenvalue weighted by atomic mass is 9.75. The van der Waals surface area contributed by atoms with Crippen LogP contribution in [0.3, 0.4) is 0 Å². The summed E-state index contributed by atoms with van der Waals surface area (Å²) in [5.74, 6) is -2.30. The van der Waals surface area contributed by atoms with Crippen molar-refractivity contribution in [1.29, 1.82) is 0 Å². The van der Waals surface area contributed by atoms with Gasteiger partial charge in [-0.05, 0) is 37.6 Å². The molecule has 0 spiro atoms. The standard InChI is InChI=1S/C22H20F2N6O2/c1-22(13-10-27-30(2)12-13,19-6-3-14(25)11-26-19)9-15-16(23)4-5-17(20(15)24)28-21(31)18-7-8-32-29-18/h3-8,10-12H,9,25H2,1-2H3,(H,28,31). The average Bonchev–Trinajstić information content (AvgIpc) is 3.46. The maximum Gasteiger partial charge on any atom is 0.277 e. The zero-order chi connectivity index (χ0) is 22.9. The summed E-state index contributed by atoms with van der Waals surface area (Å²) in [5.41, 5.74) is 6.19. The topological polar surface area (TPSA) is 112 Å². The molecule has 10 heteroatoms. The van der Waals surface area contributed by atoms with E-state index in [1.54, 1.807) is 36.3 Å². The van der Waals surface area contributed by atoms with Gasteiger partial charge in [0.25, 0.3) is 5.91 Å². The fourth-order valence-electron chi connectivity index (χ4n) is 3.50. The van der Waals surface area contributed by atoms with Gasteiger partial charge >= 0.3 is 0 Å². The molecule has 0 aliphatic rings. The van der Waals surface area contributed by atoms with Crippen molar-refractivity contribution in [2.75, 3.05) is 11.1 Å². The SMILES string of the molecule is Cn1cc(C(C)(Cc2c(F)ccc(NC(=O)c3ccon3)c2F)c2ccc(N)cn2)cn1. The molecule has 3 aromatic heterocycles. The van der Waals surface area contributed by atoms with E-state index in [1.165, 1.54) is 18.5 Å². The van der Waals surface area contributed by atoms with E-state index in [2.05, 4.69) is 25.1 Å². The Hall–Kier alpha value is -4.08. The molecule has 4 rings (SSSR count). The number of nitrogens with two attached hydrogens (primary N) is 1. The number of nitrogens with zero attached hydrogens (tertiary/aromatic N) is 4. The molecular weight excluding hydrogens is 418 g/mol. The van der Waals surface area contributed by atoms with Crippen LogP contribution in [0.15, 0.2) is 59.7 Å². The number of hydrogen-bond donors (Lipinski definition) is 2. The van der Waals surface area contributed by atoms with E-state index in [0.717, 1.165) is 12.1 Å². The van der Waals surface area contributed by atoms with E-state index in [1.807, 2.05) is 6.92 Å². The molecule has 0 saturated carbocycles. The second-order valence-corrected chi connectivity index (χ2v) is 7.61. The predicted molar refractivity (Wildman–Crippen MR) is 113 cm³/mol. The lowest BCUT2D eigenvalue weighted by molar-refractivity contribution is 0.101. The van der Waals surface area contributed by atoms with Crippen molar-refractivity contribution < 1.29 is 18.1 Å². The smallest absolute Gasteiger partial charge is 0.277 e. The summed E-state index contributed by atoms with van der Waals surface area (Å²) in [6.07, 6.45) is 6.03. The summed E-state index contributed by atoms with van der Waals surface area (Å²) in [4.78, 5) is 16.7. The fraction of sp³-hybridized carbons (Fsp3) is 0.182. The quantitative estimate of drug-likeness (QED) is 0.477. The number of benzene rings is 1. The first-order valence-electron chi connectivity index (χ1n) is 9.67.